The number of aromatic nitrogens is 3. The average molecular weight is 260 g/mol. The number of hydrogen-bond acceptors (Lipinski definition) is 4. The Morgan fingerprint density at radius 3 is 2.74 bits per heavy atom. The summed E-state index contributed by atoms with van der Waals surface area (Å²) in [7, 11) is 0. The molecule has 0 aliphatic carbocycles. The first-order valence-electron chi connectivity index (χ1n) is 6.13. The second-order valence-corrected chi connectivity index (χ2v) is 4.00. The van der Waals surface area contributed by atoms with E-state index in [1.54, 1.807) is 18.5 Å². The molecular formula is C13H16N4O2. The SMILES string of the molecule is CCn1cnnc1-c1ccc(C(=O)NCCO)cc1. The van der Waals surface area contributed by atoms with E-state index in [4.69, 9.17) is 5.11 Å². The van der Waals surface area contributed by atoms with Crippen LogP contribution in [0.25, 0.3) is 11.4 Å². The lowest BCUT2D eigenvalue weighted by Crippen LogP contribution is -2.26. The van der Waals surface area contributed by atoms with E-state index in [-0.39, 0.29) is 19.1 Å². The van der Waals surface area contributed by atoms with Gasteiger partial charge >= 0.3 is 0 Å². The van der Waals surface area contributed by atoms with Crippen LogP contribution in [0.2, 0.25) is 0 Å². The Labute approximate surface area is 111 Å². The normalized spacial score (nSPS) is 10.4. The highest BCUT2D eigenvalue weighted by Crippen LogP contribution is 2.17. The standard InChI is InChI=1S/C13H16N4O2/c1-2-17-9-15-16-12(17)10-3-5-11(6-4-10)13(19)14-7-8-18/h3-6,9,18H,2,7-8H2,1H3,(H,14,19). The first-order valence-corrected chi connectivity index (χ1v) is 6.13. The summed E-state index contributed by atoms with van der Waals surface area (Å²) in [6.45, 7) is 3.00. The van der Waals surface area contributed by atoms with Crippen LogP contribution >= 0.6 is 0 Å². The van der Waals surface area contributed by atoms with Gasteiger partial charge in [-0.05, 0) is 19.1 Å². The van der Waals surface area contributed by atoms with Crippen molar-refractivity contribution in [3.8, 4) is 11.4 Å². The number of hydrogen-bond donors (Lipinski definition) is 2. The molecule has 6 nitrogen and oxygen atoms in total. The number of aliphatic hydroxyl groups is 1. The molecule has 0 atom stereocenters. The van der Waals surface area contributed by atoms with Crippen LogP contribution in [0.15, 0.2) is 30.6 Å². The van der Waals surface area contributed by atoms with Crippen molar-refractivity contribution in [2.45, 2.75) is 13.5 Å². The summed E-state index contributed by atoms with van der Waals surface area (Å²) in [6.07, 6.45) is 1.68. The molecule has 19 heavy (non-hydrogen) atoms. The Morgan fingerprint density at radius 2 is 2.11 bits per heavy atom. The Morgan fingerprint density at radius 1 is 1.37 bits per heavy atom. The summed E-state index contributed by atoms with van der Waals surface area (Å²) in [5.74, 6) is 0.586. The van der Waals surface area contributed by atoms with E-state index < -0.39 is 0 Å². The summed E-state index contributed by atoms with van der Waals surface area (Å²) in [5, 5.41) is 19.2. The molecule has 0 aliphatic heterocycles. The molecule has 0 spiro atoms. The summed E-state index contributed by atoms with van der Waals surface area (Å²) in [4.78, 5) is 11.7. The molecule has 0 unspecified atom stereocenters. The van der Waals surface area contributed by atoms with Crippen LogP contribution in [0.4, 0.5) is 0 Å². The van der Waals surface area contributed by atoms with E-state index in [1.807, 2.05) is 23.6 Å². The van der Waals surface area contributed by atoms with Crippen molar-refractivity contribution in [1.29, 1.82) is 0 Å². The second kappa shape index (κ2) is 6.10. The average Bonchev–Trinajstić information content (AvgIpc) is 2.93. The van der Waals surface area contributed by atoms with Gasteiger partial charge in [-0.1, -0.05) is 12.1 Å². The highest BCUT2D eigenvalue weighted by Gasteiger charge is 2.08. The largest absolute Gasteiger partial charge is 0.395 e. The first-order chi connectivity index (χ1) is 9.26. The smallest absolute Gasteiger partial charge is 0.251 e. The van der Waals surface area contributed by atoms with Gasteiger partial charge in [0.1, 0.15) is 6.33 Å². The second-order valence-electron chi connectivity index (χ2n) is 4.00. The molecule has 1 aromatic carbocycles. The minimum absolute atomic E-state index is 0.0660. The maximum absolute atomic E-state index is 11.7. The zero-order chi connectivity index (χ0) is 13.7. The predicted octanol–water partition coefficient (Wildman–Crippen LogP) is 0.687. The van der Waals surface area contributed by atoms with E-state index in [0.29, 0.717) is 5.56 Å². The van der Waals surface area contributed by atoms with Gasteiger partial charge in [-0.25, -0.2) is 0 Å². The molecule has 0 fully saturated rings. The van der Waals surface area contributed by atoms with E-state index in [2.05, 4.69) is 15.5 Å². The fraction of sp³-hybridized carbons (Fsp3) is 0.308. The Balaban J connectivity index is 2.17. The first kappa shape index (κ1) is 13.2. The molecule has 2 aromatic rings. The third-order valence-electron chi connectivity index (χ3n) is 2.76. The number of carbonyl (C=O) groups excluding carboxylic acids is 1. The zero-order valence-electron chi connectivity index (χ0n) is 10.7. The maximum atomic E-state index is 11.7. The lowest BCUT2D eigenvalue weighted by Gasteiger charge is -2.05. The fourth-order valence-electron chi connectivity index (χ4n) is 1.75. The topological polar surface area (TPSA) is 80.0 Å². The van der Waals surface area contributed by atoms with Crippen LogP contribution in [0.1, 0.15) is 17.3 Å². The molecular weight excluding hydrogens is 244 g/mol. The summed E-state index contributed by atoms with van der Waals surface area (Å²) >= 11 is 0. The van der Waals surface area contributed by atoms with Crippen LogP contribution < -0.4 is 5.32 Å². The number of nitrogens with zero attached hydrogens (tertiary/aromatic N) is 3. The van der Waals surface area contributed by atoms with Crippen molar-refractivity contribution in [1.82, 2.24) is 20.1 Å². The minimum Gasteiger partial charge on any atom is -0.395 e. The van der Waals surface area contributed by atoms with Crippen LogP contribution in [0.3, 0.4) is 0 Å². The molecule has 0 aliphatic rings. The van der Waals surface area contributed by atoms with Crippen molar-refractivity contribution < 1.29 is 9.90 Å². The van der Waals surface area contributed by atoms with E-state index in [1.165, 1.54) is 0 Å². The number of aryl methyl sites for hydroxylation is 1. The van der Waals surface area contributed by atoms with E-state index in [0.717, 1.165) is 17.9 Å². The van der Waals surface area contributed by atoms with Crippen LogP contribution in [0, 0.1) is 0 Å². The monoisotopic (exact) mass is 260 g/mol. The summed E-state index contributed by atoms with van der Waals surface area (Å²) in [5.41, 5.74) is 1.47. The lowest BCUT2D eigenvalue weighted by atomic mass is 10.1. The third kappa shape index (κ3) is 2.97. The quantitative estimate of drug-likeness (QED) is 0.828. The van der Waals surface area contributed by atoms with Gasteiger partial charge < -0.3 is 15.0 Å². The van der Waals surface area contributed by atoms with Gasteiger partial charge in [0.25, 0.3) is 5.91 Å². The molecule has 2 N–H and O–H groups in total. The van der Waals surface area contributed by atoms with E-state index >= 15 is 0 Å². The van der Waals surface area contributed by atoms with Crippen LogP contribution in [0.5, 0.6) is 0 Å². The third-order valence-corrected chi connectivity index (χ3v) is 2.76. The lowest BCUT2D eigenvalue weighted by molar-refractivity contribution is 0.0945. The molecule has 0 bridgehead atoms. The van der Waals surface area contributed by atoms with Crippen molar-refractivity contribution in [2.75, 3.05) is 13.2 Å². The molecule has 1 aromatic heterocycles. The molecule has 6 heteroatoms. The van der Waals surface area contributed by atoms with Gasteiger partial charge in [-0.2, -0.15) is 0 Å². The highest BCUT2D eigenvalue weighted by molar-refractivity contribution is 5.94. The van der Waals surface area contributed by atoms with Gasteiger partial charge in [0.15, 0.2) is 5.82 Å². The zero-order valence-corrected chi connectivity index (χ0v) is 10.7. The Hall–Kier alpha value is -2.21. The molecule has 1 amide bonds. The number of rotatable bonds is 5. The van der Waals surface area contributed by atoms with Gasteiger partial charge in [0.2, 0.25) is 0 Å². The van der Waals surface area contributed by atoms with E-state index in [9.17, 15) is 4.79 Å². The number of carbonyl (C=O) groups is 1. The van der Waals surface area contributed by atoms with Gasteiger partial charge in [0, 0.05) is 24.2 Å². The highest BCUT2D eigenvalue weighted by atomic mass is 16.3. The molecule has 1 heterocycles. The Bertz CT molecular complexity index is 548. The van der Waals surface area contributed by atoms with Gasteiger partial charge in [-0.15, -0.1) is 10.2 Å². The molecule has 2 rings (SSSR count). The predicted molar refractivity (Wildman–Crippen MR) is 70.6 cm³/mol. The van der Waals surface area contributed by atoms with Crippen molar-refractivity contribution in [3.05, 3.63) is 36.2 Å². The molecule has 0 saturated carbocycles. The summed E-state index contributed by atoms with van der Waals surface area (Å²) < 4.78 is 1.93. The Kier molecular flexibility index (Phi) is 4.25. The number of benzene rings is 1. The van der Waals surface area contributed by atoms with Crippen LogP contribution in [-0.2, 0) is 6.54 Å². The minimum atomic E-state index is -0.197. The van der Waals surface area contributed by atoms with Crippen molar-refractivity contribution in [2.24, 2.45) is 0 Å². The molecule has 100 valence electrons. The number of amides is 1. The molecule has 0 saturated heterocycles. The van der Waals surface area contributed by atoms with Crippen molar-refractivity contribution in [3.63, 3.8) is 0 Å². The number of nitrogens with one attached hydrogen (secondary N) is 1. The van der Waals surface area contributed by atoms with Crippen LogP contribution in [-0.4, -0.2) is 38.9 Å². The summed E-state index contributed by atoms with van der Waals surface area (Å²) in [6, 6.07) is 7.14. The van der Waals surface area contributed by atoms with Crippen molar-refractivity contribution >= 4 is 5.91 Å². The molecule has 0 radical (unpaired) electrons. The van der Waals surface area contributed by atoms with Gasteiger partial charge in [0.05, 0.1) is 6.61 Å². The number of aliphatic hydroxyl groups excluding tert-OH is 1. The maximum Gasteiger partial charge on any atom is 0.251 e. The fourth-order valence-corrected chi connectivity index (χ4v) is 1.75. The van der Waals surface area contributed by atoms with Gasteiger partial charge in [-0.3, -0.25) is 4.79 Å².